The molecule has 2 atom stereocenters. The molecule has 0 amide bonds. The minimum Gasteiger partial charge on any atom is -0.376 e. The van der Waals surface area contributed by atoms with Crippen molar-refractivity contribution in [3.05, 3.63) is 35.9 Å². The molecule has 1 heterocycles. The van der Waals surface area contributed by atoms with Gasteiger partial charge in [0, 0.05) is 25.7 Å². The summed E-state index contributed by atoms with van der Waals surface area (Å²) < 4.78 is 5.60. The van der Waals surface area contributed by atoms with E-state index in [1.54, 1.807) is 0 Å². The molecule has 1 aliphatic rings. The van der Waals surface area contributed by atoms with Crippen LogP contribution >= 0.6 is 0 Å². The smallest absolute Gasteiger partial charge is 0.145 e. The van der Waals surface area contributed by atoms with Gasteiger partial charge in [-0.15, -0.1) is 0 Å². The molecule has 0 saturated carbocycles. The second-order valence-electron chi connectivity index (χ2n) is 6.10. The van der Waals surface area contributed by atoms with Crippen LogP contribution in [0.15, 0.2) is 30.3 Å². The highest BCUT2D eigenvalue weighted by molar-refractivity contribution is 5.32. The molecular weight excluding hydrogens is 262 g/mol. The zero-order valence-corrected chi connectivity index (χ0v) is 13.2. The van der Waals surface area contributed by atoms with Crippen LogP contribution in [-0.4, -0.2) is 43.3 Å². The van der Waals surface area contributed by atoms with Crippen LogP contribution < -0.4 is 5.32 Å². The number of rotatable bonds is 5. The molecule has 2 rings (SSSR count). The molecule has 0 bridgehead atoms. The van der Waals surface area contributed by atoms with Crippen LogP contribution in [-0.2, 0) is 10.3 Å². The summed E-state index contributed by atoms with van der Waals surface area (Å²) in [4.78, 5) is 2.32. The summed E-state index contributed by atoms with van der Waals surface area (Å²) in [5.41, 5.74) is 0.354. The lowest BCUT2D eigenvalue weighted by atomic mass is 9.89. The fraction of sp³-hybridized carbons (Fsp3) is 0.588. The van der Waals surface area contributed by atoms with Crippen molar-refractivity contribution in [2.45, 2.75) is 38.5 Å². The largest absolute Gasteiger partial charge is 0.376 e. The number of ether oxygens (including phenoxy) is 1. The van der Waals surface area contributed by atoms with Crippen LogP contribution in [0.25, 0.3) is 0 Å². The van der Waals surface area contributed by atoms with Gasteiger partial charge in [-0.25, -0.2) is 0 Å². The maximum Gasteiger partial charge on any atom is 0.145 e. The van der Waals surface area contributed by atoms with E-state index in [1.165, 1.54) is 0 Å². The predicted molar refractivity (Wildman–Crippen MR) is 83.9 cm³/mol. The number of hydrogen-bond donors (Lipinski definition) is 1. The molecule has 2 unspecified atom stereocenters. The van der Waals surface area contributed by atoms with E-state index in [0.717, 1.165) is 25.3 Å². The number of morpholine rings is 1. The van der Waals surface area contributed by atoms with Crippen molar-refractivity contribution in [3.8, 4) is 6.07 Å². The molecule has 114 valence electrons. The molecule has 4 heteroatoms. The van der Waals surface area contributed by atoms with Gasteiger partial charge in [-0.05, 0) is 26.3 Å². The lowest BCUT2D eigenvalue weighted by Crippen LogP contribution is -2.55. The first kappa shape index (κ1) is 16.0. The summed E-state index contributed by atoms with van der Waals surface area (Å²) in [5, 5.41) is 13.4. The van der Waals surface area contributed by atoms with Gasteiger partial charge in [0.2, 0.25) is 0 Å². The molecule has 21 heavy (non-hydrogen) atoms. The zero-order valence-electron chi connectivity index (χ0n) is 13.2. The first-order valence-electron chi connectivity index (χ1n) is 7.64. The Morgan fingerprint density at radius 3 is 2.71 bits per heavy atom. The summed E-state index contributed by atoms with van der Waals surface area (Å²) in [5.74, 6) is 0. The maximum atomic E-state index is 9.90. The highest BCUT2D eigenvalue weighted by Gasteiger charge is 2.36. The van der Waals surface area contributed by atoms with E-state index in [0.29, 0.717) is 6.54 Å². The number of nitrogens with zero attached hydrogens (tertiary/aromatic N) is 2. The zero-order chi connectivity index (χ0) is 15.3. The fourth-order valence-electron chi connectivity index (χ4n) is 2.94. The Morgan fingerprint density at radius 2 is 2.14 bits per heavy atom. The van der Waals surface area contributed by atoms with E-state index in [9.17, 15) is 5.26 Å². The van der Waals surface area contributed by atoms with Crippen molar-refractivity contribution in [1.29, 1.82) is 5.26 Å². The topological polar surface area (TPSA) is 48.3 Å². The van der Waals surface area contributed by atoms with Crippen LogP contribution in [0.3, 0.4) is 0 Å². The summed E-state index contributed by atoms with van der Waals surface area (Å²) in [6, 6.07) is 12.8. The molecule has 0 spiro atoms. The van der Waals surface area contributed by atoms with Crippen molar-refractivity contribution >= 4 is 0 Å². The lowest BCUT2D eigenvalue weighted by Gasteiger charge is -2.39. The fourth-order valence-corrected chi connectivity index (χ4v) is 2.94. The van der Waals surface area contributed by atoms with Gasteiger partial charge >= 0.3 is 0 Å². The van der Waals surface area contributed by atoms with Crippen LogP contribution in [0.1, 0.15) is 26.3 Å². The summed E-state index contributed by atoms with van der Waals surface area (Å²) in [6.45, 7) is 9.40. The molecule has 0 radical (unpaired) electrons. The maximum absolute atomic E-state index is 9.90. The molecule has 1 aromatic rings. The number of hydrogen-bond acceptors (Lipinski definition) is 4. The quantitative estimate of drug-likeness (QED) is 0.901. The average molecular weight is 287 g/mol. The van der Waals surface area contributed by atoms with Gasteiger partial charge in [0.1, 0.15) is 5.54 Å². The molecule has 1 saturated heterocycles. The van der Waals surface area contributed by atoms with Crippen molar-refractivity contribution in [2.24, 2.45) is 0 Å². The third-order valence-corrected chi connectivity index (χ3v) is 3.78. The van der Waals surface area contributed by atoms with E-state index in [4.69, 9.17) is 4.74 Å². The molecule has 0 aromatic heterocycles. The Morgan fingerprint density at radius 1 is 1.43 bits per heavy atom. The van der Waals surface area contributed by atoms with E-state index < -0.39 is 5.54 Å². The van der Waals surface area contributed by atoms with Crippen LogP contribution in [0, 0.1) is 11.3 Å². The Labute approximate surface area is 127 Å². The van der Waals surface area contributed by atoms with E-state index in [-0.39, 0.29) is 12.1 Å². The molecule has 1 aliphatic heterocycles. The first-order chi connectivity index (χ1) is 10.1. The van der Waals surface area contributed by atoms with Crippen LogP contribution in [0.4, 0.5) is 0 Å². The standard InChI is InChI=1S/C17H25N3O/c1-14(2)19-17(12-18,16-7-5-4-6-8-16)13-20-9-10-21-15(3)11-20/h4-8,14-15,19H,9-11,13H2,1-3H3. The minimum atomic E-state index is -0.674. The van der Waals surface area contributed by atoms with Gasteiger partial charge in [-0.2, -0.15) is 5.26 Å². The van der Waals surface area contributed by atoms with Gasteiger partial charge < -0.3 is 4.74 Å². The van der Waals surface area contributed by atoms with Crippen molar-refractivity contribution in [2.75, 3.05) is 26.2 Å². The SMILES string of the molecule is CC(C)NC(C#N)(CN1CCOC(C)C1)c1ccccc1. The molecule has 0 aliphatic carbocycles. The highest BCUT2D eigenvalue weighted by Crippen LogP contribution is 2.24. The summed E-state index contributed by atoms with van der Waals surface area (Å²) in [7, 11) is 0. The van der Waals surface area contributed by atoms with Crippen molar-refractivity contribution in [3.63, 3.8) is 0 Å². The van der Waals surface area contributed by atoms with Crippen molar-refractivity contribution in [1.82, 2.24) is 10.2 Å². The Kier molecular flexibility index (Phi) is 5.35. The average Bonchev–Trinajstić information content (AvgIpc) is 2.47. The van der Waals surface area contributed by atoms with E-state index in [1.807, 2.05) is 30.3 Å². The number of nitrogens with one attached hydrogen (secondary N) is 1. The second kappa shape index (κ2) is 7.04. The Bertz CT molecular complexity index is 483. The van der Waals surface area contributed by atoms with Gasteiger partial charge in [-0.1, -0.05) is 30.3 Å². The van der Waals surface area contributed by atoms with Gasteiger partial charge in [0.25, 0.3) is 0 Å². The first-order valence-corrected chi connectivity index (χ1v) is 7.64. The van der Waals surface area contributed by atoms with E-state index in [2.05, 4.69) is 37.1 Å². The third-order valence-electron chi connectivity index (χ3n) is 3.78. The van der Waals surface area contributed by atoms with Crippen LogP contribution in [0.2, 0.25) is 0 Å². The molecule has 1 fully saturated rings. The summed E-state index contributed by atoms with van der Waals surface area (Å²) in [6.07, 6.45) is 0.227. The molecular formula is C17H25N3O. The monoisotopic (exact) mass is 287 g/mol. The minimum absolute atomic E-state index is 0.227. The Balaban J connectivity index is 2.25. The second-order valence-corrected chi connectivity index (χ2v) is 6.10. The summed E-state index contributed by atoms with van der Waals surface area (Å²) >= 11 is 0. The molecule has 1 aromatic carbocycles. The lowest BCUT2D eigenvalue weighted by molar-refractivity contribution is -0.0248. The predicted octanol–water partition coefficient (Wildman–Crippen LogP) is 2.12. The van der Waals surface area contributed by atoms with Gasteiger partial charge in [0.15, 0.2) is 0 Å². The van der Waals surface area contributed by atoms with E-state index >= 15 is 0 Å². The van der Waals surface area contributed by atoms with Crippen LogP contribution in [0.5, 0.6) is 0 Å². The van der Waals surface area contributed by atoms with Crippen molar-refractivity contribution < 1.29 is 4.74 Å². The third kappa shape index (κ3) is 4.04. The van der Waals surface area contributed by atoms with Gasteiger partial charge in [-0.3, -0.25) is 10.2 Å². The normalized spacial score (nSPS) is 22.7. The highest BCUT2D eigenvalue weighted by atomic mass is 16.5. The number of nitriles is 1. The van der Waals surface area contributed by atoms with Gasteiger partial charge in [0.05, 0.1) is 18.8 Å². The molecule has 1 N–H and O–H groups in total. The molecule has 4 nitrogen and oxygen atoms in total. The Hall–Kier alpha value is -1.41. The number of benzene rings is 1.